The lowest BCUT2D eigenvalue weighted by Gasteiger charge is -2.35. The molecule has 2 fully saturated rings. The van der Waals surface area contributed by atoms with Crippen molar-refractivity contribution < 1.29 is 23.8 Å². The second-order valence-electron chi connectivity index (χ2n) is 7.20. The second kappa shape index (κ2) is 4.19. The summed E-state index contributed by atoms with van der Waals surface area (Å²) in [5, 5.41) is 2.87. The van der Waals surface area contributed by atoms with Crippen LogP contribution < -0.4 is 14.8 Å². The predicted octanol–water partition coefficient (Wildman–Crippen LogP) is 2.48. The maximum absolute atomic E-state index is 12.9. The number of rotatable bonds is 2. The highest BCUT2D eigenvalue weighted by molar-refractivity contribution is 6.03. The minimum atomic E-state index is -1.12. The van der Waals surface area contributed by atoms with E-state index in [2.05, 4.69) is 5.32 Å². The summed E-state index contributed by atoms with van der Waals surface area (Å²) in [4.78, 5) is 25.2. The SMILES string of the molecule is CC1(C)[C@@]2(C)CC[C@]1(C(=O)Nc1ccc3c(c1)OCO3)OC2=O. The first-order valence-electron chi connectivity index (χ1n) is 7.75. The summed E-state index contributed by atoms with van der Waals surface area (Å²) in [6.45, 7) is 5.94. The van der Waals surface area contributed by atoms with Crippen LogP contribution >= 0.6 is 0 Å². The fourth-order valence-corrected chi connectivity index (χ4v) is 3.95. The molecule has 0 unspecified atom stereocenters. The summed E-state index contributed by atoms with van der Waals surface area (Å²) >= 11 is 0. The Morgan fingerprint density at radius 3 is 2.52 bits per heavy atom. The Morgan fingerprint density at radius 2 is 1.87 bits per heavy atom. The van der Waals surface area contributed by atoms with Crippen LogP contribution in [0.1, 0.15) is 33.6 Å². The van der Waals surface area contributed by atoms with Gasteiger partial charge in [0.1, 0.15) is 0 Å². The van der Waals surface area contributed by atoms with Gasteiger partial charge in [-0.1, -0.05) is 13.8 Å². The molecular weight excluding hydrogens is 298 g/mol. The highest BCUT2D eigenvalue weighted by Crippen LogP contribution is 2.65. The molecule has 23 heavy (non-hydrogen) atoms. The topological polar surface area (TPSA) is 73.9 Å². The number of hydrogen-bond acceptors (Lipinski definition) is 5. The molecule has 3 aliphatic rings. The molecule has 1 aromatic rings. The molecule has 1 N–H and O–H groups in total. The number of ether oxygens (including phenoxy) is 3. The van der Waals surface area contributed by atoms with Crippen LogP contribution in [0.25, 0.3) is 0 Å². The molecule has 6 nitrogen and oxygen atoms in total. The quantitative estimate of drug-likeness (QED) is 0.848. The van der Waals surface area contributed by atoms with Crippen molar-refractivity contribution in [2.75, 3.05) is 12.1 Å². The van der Waals surface area contributed by atoms with Crippen molar-refractivity contribution in [1.29, 1.82) is 0 Å². The van der Waals surface area contributed by atoms with E-state index in [0.29, 0.717) is 30.0 Å². The normalized spacial score (nSPS) is 32.7. The molecular formula is C17H19NO5. The number of fused-ring (bicyclic) bond motifs is 3. The third-order valence-corrected chi connectivity index (χ3v) is 6.08. The van der Waals surface area contributed by atoms with Crippen LogP contribution in [0.3, 0.4) is 0 Å². The van der Waals surface area contributed by atoms with Gasteiger partial charge in [-0.25, -0.2) is 0 Å². The first-order chi connectivity index (χ1) is 10.8. The van der Waals surface area contributed by atoms with Gasteiger partial charge >= 0.3 is 5.97 Å². The van der Waals surface area contributed by atoms with E-state index in [9.17, 15) is 9.59 Å². The lowest BCUT2D eigenvalue weighted by molar-refractivity contribution is -0.165. The third-order valence-electron chi connectivity index (χ3n) is 6.08. The summed E-state index contributed by atoms with van der Waals surface area (Å²) < 4.78 is 16.2. The third kappa shape index (κ3) is 1.58. The van der Waals surface area contributed by atoms with Gasteiger partial charge in [0.2, 0.25) is 6.79 Å². The van der Waals surface area contributed by atoms with Gasteiger partial charge in [0.05, 0.1) is 5.41 Å². The van der Waals surface area contributed by atoms with Gasteiger partial charge in [0, 0.05) is 17.2 Å². The van der Waals surface area contributed by atoms with E-state index >= 15 is 0 Å². The Morgan fingerprint density at radius 1 is 1.13 bits per heavy atom. The number of hydrogen-bond donors (Lipinski definition) is 1. The van der Waals surface area contributed by atoms with E-state index in [-0.39, 0.29) is 18.7 Å². The molecule has 122 valence electrons. The monoisotopic (exact) mass is 317 g/mol. The summed E-state index contributed by atoms with van der Waals surface area (Å²) in [5.41, 5.74) is -1.69. The number of amides is 1. The zero-order valence-electron chi connectivity index (χ0n) is 13.4. The zero-order valence-corrected chi connectivity index (χ0v) is 13.4. The van der Waals surface area contributed by atoms with Crippen molar-refractivity contribution in [3.63, 3.8) is 0 Å². The minimum Gasteiger partial charge on any atom is -0.454 e. The highest BCUT2D eigenvalue weighted by Gasteiger charge is 2.75. The van der Waals surface area contributed by atoms with Crippen molar-refractivity contribution in [2.45, 2.75) is 39.2 Å². The average molecular weight is 317 g/mol. The minimum absolute atomic E-state index is 0.180. The Balaban J connectivity index is 1.64. The van der Waals surface area contributed by atoms with Gasteiger partial charge in [0.25, 0.3) is 5.91 Å². The molecule has 0 radical (unpaired) electrons. The van der Waals surface area contributed by atoms with Crippen molar-refractivity contribution in [3.8, 4) is 11.5 Å². The van der Waals surface area contributed by atoms with Crippen LogP contribution in [0.4, 0.5) is 5.69 Å². The van der Waals surface area contributed by atoms with E-state index in [1.165, 1.54) is 0 Å². The molecule has 0 aromatic heterocycles. The largest absolute Gasteiger partial charge is 0.454 e. The molecule has 4 rings (SSSR count). The second-order valence-corrected chi connectivity index (χ2v) is 7.20. The number of carbonyl (C=O) groups is 2. The van der Waals surface area contributed by atoms with E-state index in [1.54, 1.807) is 18.2 Å². The van der Waals surface area contributed by atoms with E-state index in [0.717, 1.165) is 0 Å². The molecule has 2 bridgehead atoms. The van der Waals surface area contributed by atoms with Gasteiger partial charge in [-0.2, -0.15) is 0 Å². The van der Waals surface area contributed by atoms with Crippen molar-refractivity contribution in [2.24, 2.45) is 10.8 Å². The molecule has 1 saturated carbocycles. The standard InChI is InChI=1S/C17H19NO5/c1-15(2)16(3)6-7-17(15,23-14(16)20)13(19)18-10-4-5-11-12(8-10)22-9-21-11/h4-5,8H,6-7,9H2,1-3H3,(H,18,19)/t16-,17+/m0/s1. The first-order valence-corrected chi connectivity index (χ1v) is 7.75. The van der Waals surface area contributed by atoms with Crippen molar-refractivity contribution in [1.82, 2.24) is 0 Å². The van der Waals surface area contributed by atoms with Crippen LogP contribution in [0.2, 0.25) is 0 Å². The fourth-order valence-electron chi connectivity index (χ4n) is 3.95. The Bertz CT molecular complexity index is 728. The molecule has 6 heteroatoms. The molecule has 2 atom stereocenters. The Hall–Kier alpha value is -2.24. The predicted molar refractivity (Wildman–Crippen MR) is 81.1 cm³/mol. The van der Waals surface area contributed by atoms with Crippen LogP contribution in [-0.4, -0.2) is 24.3 Å². The highest BCUT2D eigenvalue weighted by atomic mass is 16.7. The molecule has 1 amide bonds. The maximum Gasteiger partial charge on any atom is 0.313 e. The summed E-state index contributed by atoms with van der Waals surface area (Å²) in [5.74, 6) is 0.687. The van der Waals surface area contributed by atoms with Crippen LogP contribution in [0.5, 0.6) is 11.5 Å². The van der Waals surface area contributed by atoms with Crippen molar-refractivity contribution in [3.05, 3.63) is 18.2 Å². The smallest absolute Gasteiger partial charge is 0.313 e. The van der Waals surface area contributed by atoms with Gasteiger partial charge in [-0.3, -0.25) is 9.59 Å². The van der Waals surface area contributed by atoms with Crippen LogP contribution in [-0.2, 0) is 14.3 Å². The molecule has 1 saturated heterocycles. The van der Waals surface area contributed by atoms with Gasteiger partial charge < -0.3 is 19.5 Å². The zero-order chi connectivity index (χ0) is 16.5. The van der Waals surface area contributed by atoms with Gasteiger partial charge in [-0.15, -0.1) is 0 Å². The Labute approximate surface area is 134 Å². The first kappa shape index (κ1) is 14.4. The molecule has 1 aliphatic carbocycles. The van der Waals surface area contributed by atoms with E-state index < -0.39 is 16.4 Å². The summed E-state index contributed by atoms with van der Waals surface area (Å²) in [6.07, 6.45) is 1.20. The van der Waals surface area contributed by atoms with Gasteiger partial charge in [0.15, 0.2) is 17.1 Å². The maximum atomic E-state index is 12.9. The number of anilines is 1. The van der Waals surface area contributed by atoms with Crippen LogP contribution in [0, 0.1) is 10.8 Å². The molecule has 2 aliphatic heterocycles. The lowest BCUT2D eigenvalue weighted by Crippen LogP contribution is -2.50. The molecule has 1 aromatic carbocycles. The average Bonchev–Trinajstić information content (AvgIpc) is 3.08. The van der Waals surface area contributed by atoms with E-state index in [1.807, 2.05) is 20.8 Å². The molecule has 2 heterocycles. The number of nitrogens with one attached hydrogen (secondary N) is 1. The number of carbonyl (C=O) groups excluding carboxylic acids is 2. The van der Waals surface area contributed by atoms with E-state index in [4.69, 9.17) is 14.2 Å². The number of benzene rings is 1. The van der Waals surface area contributed by atoms with Crippen molar-refractivity contribution >= 4 is 17.6 Å². The fraction of sp³-hybridized carbons (Fsp3) is 0.529. The summed E-state index contributed by atoms with van der Waals surface area (Å²) in [7, 11) is 0. The van der Waals surface area contributed by atoms with Gasteiger partial charge in [-0.05, 0) is 31.9 Å². The molecule has 0 spiro atoms. The Kier molecular flexibility index (Phi) is 2.61. The summed E-state index contributed by atoms with van der Waals surface area (Å²) in [6, 6.07) is 5.22. The number of esters is 1. The lowest BCUT2D eigenvalue weighted by atomic mass is 9.66. The van der Waals surface area contributed by atoms with Crippen LogP contribution in [0.15, 0.2) is 18.2 Å².